The van der Waals surface area contributed by atoms with Crippen LogP contribution in [0.4, 0.5) is 0 Å². The van der Waals surface area contributed by atoms with Crippen LogP contribution >= 0.6 is 0 Å². The Morgan fingerprint density at radius 3 is 2.22 bits per heavy atom. The van der Waals surface area contributed by atoms with Gasteiger partial charge in [0.05, 0.1) is 0 Å². The summed E-state index contributed by atoms with van der Waals surface area (Å²) in [5, 5.41) is 5.67. The predicted octanol–water partition coefficient (Wildman–Crippen LogP) is 1.12. The van der Waals surface area contributed by atoms with Gasteiger partial charge in [-0.3, -0.25) is 19.2 Å². The van der Waals surface area contributed by atoms with Crippen LogP contribution in [-0.4, -0.2) is 59.7 Å². The van der Waals surface area contributed by atoms with Gasteiger partial charge in [0.1, 0.15) is 18.1 Å². The van der Waals surface area contributed by atoms with E-state index in [2.05, 4.69) is 10.6 Å². The molecule has 0 spiro atoms. The number of rotatable bonds is 12. The topological polar surface area (TPSA) is 148 Å². The van der Waals surface area contributed by atoms with Crippen molar-refractivity contribution >= 4 is 23.6 Å². The van der Waals surface area contributed by atoms with Crippen LogP contribution in [0.5, 0.6) is 0 Å². The number of nitrogens with two attached hydrogens (primary N) is 2. The fraction of sp³-hybridized carbons (Fsp3) is 0.407. The third-order valence-corrected chi connectivity index (χ3v) is 6.37. The van der Waals surface area contributed by atoms with Gasteiger partial charge in [-0.15, -0.1) is 0 Å². The smallest absolute Gasteiger partial charge is 0.251 e. The van der Waals surface area contributed by atoms with Crippen LogP contribution in [0.25, 0.3) is 0 Å². The Labute approximate surface area is 211 Å². The van der Waals surface area contributed by atoms with Crippen molar-refractivity contribution in [3.05, 3.63) is 71.8 Å². The molecule has 6 N–H and O–H groups in total. The van der Waals surface area contributed by atoms with E-state index in [-0.39, 0.29) is 18.2 Å². The first-order valence-corrected chi connectivity index (χ1v) is 12.4. The van der Waals surface area contributed by atoms with E-state index in [1.807, 2.05) is 30.3 Å². The van der Waals surface area contributed by atoms with Crippen molar-refractivity contribution in [2.45, 2.75) is 56.7 Å². The van der Waals surface area contributed by atoms with E-state index >= 15 is 0 Å². The highest BCUT2D eigenvalue weighted by molar-refractivity contribution is 5.98. The van der Waals surface area contributed by atoms with E-state index in [0.29, 0.717) is 50.8 Å². The lowest BCUT2D eigenvalue weighted by molar-refractivity contribution is -0.141. The second-order valence-electron chi connectivity index (χ2n) is 9.02. The average Bonchev–Trinajstić information content (AvgIpc) is 3.39. The van der Waals surface area contributed by atoms with Crippen LogP contribution in [-0.2, 0) is 20.8 Å². The molecule has 4 amide bonds. The zero-order chi connectivity index (χ0) is 25.9. The fourth-order valence-corrected chi connectivity index (χ4v) is 4.44. The number of carbonyl (C=O) groups excluding carboxylic acids is 4. The number of benzene rings is 2. The number of nitrogens with one attached hydrogen (secondary N) is 2. The molecule has 2 aromatic rings. The number of likely N-dealkylation sites (tertiary alicyclic amines) is 1. The molecule has 0 radical (unpaired) electrons. The third kappa shape index (κ3) is 7.39. The molecule has 0 bridgehead atoms. The summed E-state index contributed by atoms with van der Waals surface area (Å²) in [4.78, 5) is 53.1. The number of hydrogen-bond donors (Lipinski definition) is 4. The molecule has 0 saturated carbocycles. The van der Waals surface area contributed by atoms with Crippen molar-refractivity contribution in [1.82, 2.24) is 15.5 Å². The van der Waals surface area contributed by atoms with Gasteiger partial charge in [0.2, 0.25) is 17.7 Å². The van der Waals surface area contributed by atoms with Crippen molar-refractivity contribution in [2.24, 2.45) is 11.5 Å². The van der Waals surface area contributed by atoms with E-state index in [1.54, 1.807) is 30.3 Å². The standard InChI is InChI=1S/C27H35N5O4/c28-16-8-7-14-21(27(36)32-17-9-15-23(32)24(29)33)30-26(35)22(18-19-10-3-1-4-11-19)31-25(34)20-12-5-2-6-13-20/h1-6,10-13,21-23H,7-9,14-18,28H2,(H2,29,33)(H,30,35)(H,31,34)/t21-,22-,23-/m0/s1. The lowest BCUT2D eigenvalue weighted by Gasteiger charge is -2.29. The molecule has 3 rings (SSSR count). The molecular formula is C27H35N5O4. The van der Waals surface area contributed by atoms with Crippen LogP contribution in [0.15, 0.2) is 60.7 Å². The molecule has 1 heterocycles. The fourth-order valence-electron chi connectivity index (χ4n) is 4.44. The van der Waals surface area contributed by atoms with Gasteiger partial charge in [0.15, 0.2) is 0 Å². The number of carbonyl (C=O) groups is 4. The monoisotopic (exact) mass is 493 g/mol. The van der Waals surface area contributed by atoms with Gasteiger partial charge < -0.3 is 27.0 Å². The van der Waals surface area contributed by atoms with Gasteiger partial charge in [-0.1, -0.05) is 48.5 Å². The lowest BCUT2D eigenvalue weighted by atomic mass is 10.0. The Hall–Kier alpha value is -3.72. The molecule has 1 aliphatic rings. The maximum absolute atomic E-state index is 13.5. The van der Waals surface area contributed by atoms with E-state index in [0.717, 1.165) is 5.56 Å². The summed E-state index contributed by atoms with van der Waals surface area (Å²) in [7, 11) is 0. The highest BCUT2D eigenvalue weighted by atomic mass is 16.2. The first kappa shape index (κ1) is 26.9. The number of hydrogen-bond acceptors (Lipinski definition) is 5. The van der Waals surface area contributed by atoms with Crippen LogP contribution in [0.2, 0.25) is 0 Å². The first-order chi connectivity index (χ1) is 17.4. The van der Waals surface area contributed by atoms with Gasteiger partial charge in [0.25, 0.3) is 5.91 Å². The summed E-state index contributed by atoms with van der Waals surface area (Å²) in [6, 6.07) is 15.6. The number of primary amides is 1. The zero-order valence-corrected chi connectivity index (χ0v) is 20.4. The molecule has 3 atom stereocenters. The van der Waals surface area contributed by atoms with Crippen molar-refractivity contribution in [3.63, 3.8) is 0 Å². The minimum atomic E-state index is -0.907. The Morgan fingerprint density at radius 1 is 0.917 bits per heavy atom. The molecule has 36 heavy (non-hydrogen) atoms. The molecule has 1 aliphatic heterocycles. The summed E-state index contributed by atoms with van der Waals surface area (Å²) in [6.07, 6.45) is 3.12. The van der Waals surface area contributed by atoms with Gasteiger partial charge in [-0.2, -0.15) is 0 Å². The summed E-state index contributed by atoms with van der Waals surface area (Å²) < 4.78 is 0. The summed E-state index contributed by atoms with van der Waals surface area (Å²) >= 11 is 0. The molecule has 1 fully saturated rings. The van der Waals surface area contributed by atoms with E-state index in [4.69, 9.17) is 11.5 Å². The molecule has 2 aromatic carbocycles. The van der Waals surface area contributed by atoms with Crippen molar-refractivity contribution < 1.29 is 19.2 Å². The molecule has 0 aliphatic carbocycles. The second-order valence-corrected chi connectivity index (χ2v) is 9.02. The van der Waals surface area contributed by atoms with Gasteiger partial charge in [-0.05, 0) is 56.3 Å². The van der Waals surface area contributed by atoms with Crippen molar-refractivity contribution in [3.8, 4) is 0 Å². The average molecular weight is 494 g/mol. The molecule has 192 valence electrons. The maximum Gasteiger partial charge on any atom is 0.251 e. The summed E-state index contributed by atoms with van der Waals surface area (Å²) in [5.74, 6) is -1.74. The largest absolute Gasteiger partial charge is 0.368 e. The first-order valence-electron chi connectivity index (χ1n) is 12.4. The molecule has 0 aromatic heterocycles. The van der Waals surface area contributed by atoms with Gasteiger partial charge >= 0.3 is 0 Å². The second kappa shape index (κ2) is 13.4. The van der Waals surface area contributed by atoms with Crippen LogP contribution < -0.4 is 22.1 Å². The maximum atomic E-state index is 13.5. The van der Waals surface area contributed by atoms with Gasteiger partial charge in [-0.25, -0.2) is 0 Å². The summed E-state index contributed by atoms with van der Waals surface area (Å²) in [5.41, 5.74) is 12.4. The Bertz CT molecular complexity index is 1030. The predicted molar refractivity (Wildman–Crippen MR) is 137 cm³/mol. The number of unbranched alkanes of at least 4 members (excludes halogenated alkanes) is 1. The minimum Gasteiger partial charge on any atom is -0.368 e. The number of amides is 4. The summed E-state index contributed by atoms with van der Waals surface area (Å²) in [6.45, 7) is 0.875. The highest BCUT2D eigenvalue weighted by Crippen LogP contribution is 2.19. The zero-order valence-electron chi connectivity index (χ0n) is 20.4. The molecule has 9 heteroatoms. The van der Waals surface area contributed by atoms with Crippen LogP contribution in [0.3, 0.4) is 0 Å². The lowest BCUT2D eigenvalue weighted by Crippen LogP contribution is -2.56. The quantitative estimate of drug-likeness (QED) is 0.327. The SMILES string of the molecule is NCCCC[C@H](NC(=O)[C@H](Cc1ccccc1)NC(=O)c1ccccc1)C(=O)N1CCC[C@H]1C(N)=O. The Morgan fingerprint density at radius 2 is 1.58 bits per heavy atom. The molecular weight excluding hydrogens is 458 g/mol. The molecule has 0 unspecified atom stereocenters. The minimum absolute atomic E-state index is 0.253. The Balaban J connectivity index is 1.79. The normalized spacial score (nSPS) is 16.7. The van der Waals surface area contributed by atoms with E-state index in [9.17, 15) is 19.2 Å². The van der Waals surface area contributed by atoms with E-state index < -0.39 is 29.9 Å². The third-order valence-electron chi connectivity index (χ3n) is 6.37. The van der Waals surface area contributed by atoms with Crippen LogP contribution in [0.1, 0.15) is 48.0 Å². The van der Waals surface area contributed by atoms with E-state index in [1.165, 1.54) is 4.90 Å². The van der Waals surface area contributed by atoms with Crippen LogP contribution in [0, 0.1) is 0 Å². The van der Waals surface area contributed by atoms with Gasteiger partial charge in [0, 0.05) is 18.5 Å². The Kier molecular flexibility index (Phi) is 10.00. The van der Waals surface area contributed by atoms with Crippen molar-refractivity contribution in [1.29, 1.82) is 0 Å². The highest BCUT2D eigenvalue weighted by Gasteiger charge is 2.37. The number of nitrogens with zero attached hydrogens (tertiary/aromatic N) is 1. The molecule has 1 saturated heterocycles. The van der Waals surface area contributed by atoms with Crippen molar-refractivity contribution in [2.75, 3.05) is 13.1 Å². The molecule has 9 nitrogen and oxygen atoms in total.